The Bertz CT molecular complexity index is 349. The van der Waals surface area contributed by atoms with Gasteiger partial charge in [-0.05, 0) is 31.0 Å². The lowest BCUT2D eigenvalue weighted by molar-refractivity contribution is -0.135. The van der Waals surface area contributed by atoms with E-state index >= 15 is 0 Å². The molecule has 0 fully saturated rings. The summed E-state index contributed by atoms with van der Waals surface area (Å²) in [6.45, 7) is 4.40. The van der Waals surface area contributed by atoms with Crippen molar-refractivity contribution in [1.29, 1.82) is 0 Å². The third-order valence-electron chi connectivity index (χ3n) is 3.24. The maximum Gasteiger partial charge on any atom is 0.227 e. The molecule has 4 heteroatoms. The van der Waals surface area contributed by atoms with E-state index in [1.807, 2.05) is 33.0 Å². The van der Waals surface area contributed by atoms with Crippen molar-refractivity contribution < 1.29 is 4.79 Å². The number of aromatic nitrogens is 1. The van der Waals surface area contributed by atoms with Gasteiger partial charge in [0, 0.05) is 26.0 Å². The number of hydrogen-bond acceptors (Lipinski definition) is 3. The molecule has 0 aliphatic rings. The first-order chi connectivity index (χ1) is 8.11. The number of nitrogens with two attached hydrogens (primary N) is 1. The van der Waals surface area contributed by atoms with Crippen molar-refractivity contribution in [2.45, 2.75) is 26.3 Å². The second-order valence-electron chi connectivity index (χ2n) is 4.25. The minimum absolute atomic E-state index is 0.0473. The molecule has 1 heterocycles. The van der Waals surface area contributed by atoms with E-state index in [-0.39, 0.29) is 17.9 Å². The first-order valence-corrected chi connectivity index (χ1v) is 5.98. The van der Waals surface area contributed by atoms with Crippen LogP contribution in [-0.4, -0.2) is 29.4 Å². The molecule has 2 N–H and O–H groups in total. The van der Waals surface area contributed by atoms with Gasteiger partial charge >= 0.3 is 0 Å². The van der Waals surface area contributed by atoms with Crippen molar-refractivity contribution in [3.63, 3.8) is 0 Å². The molecular formula is C13H21N3O. The summed E-state index contributed by atoms with van der Waals surface area (Å²) in [5, 5.41) is 0. The summed E-state index contributed by atoms with van der Waals surface area (Å²) in [6.07, 6.45) is 4.26. The maximum absolute atomic E-state index is 12.2. The van der Waals surface area contributed by atoms with Crippen LogP contribution >= 0.6 is 0 Å². The van der Waals surface area contributed by atoms with Gasteiger partial charge in [-0.25, -0.2) is 0 Å². The Morgan fingerprint density at radius 2 is 2.06 bits per heavy atom. The molecule has 17 heavy (non-hydrogen) atoms. The summed E-state index contributed by atoms with van der Waals surface area (Å²) in [4.78, 5) is 17.9. The van der Waals surface area contributed by atoms with Gasteiger partial charge in [-0.1, -0.05) is 6.92 Å². The van der Waals surface area contributed by atoms with E-state index in [0.29, 0.717) is 6.54 Å². The van der Waals surface area contributed by atoms with Gasteiger partial charge in [0.25, 0.3) is 0 Å². The van der Waals surface area contributed by atoms with E-state index in [1.165, 1.54) is 0 Å². The molecule has 0 aliphatic heterocycles. The van der Waals surface area contributed by atoms with Crippen LogP contribution in [-0.2, 0) is 4.79 Å². The first-order valence-electron chi connectivity index (χ1n) is 5.98. The van der Waals surface area contributed by atoms with Crippen molar-refractivity contribution in [1.82, 2.24) is 9.88 Å². The highest BCUT2D eigenvalue weighted by Gasteiger charge is 2.23. The lowest BCUT2D eigenvalue weighted by atomic mass is 10.0. The molecule has 0 radical (unpaired) electrons. The third-order valence-corrected chi connectivity index (χ3v) is 3.24. The number of hydrogen-bond donors (Lipinski definition) is 1. The molecule has 94 valence electrons. The van der Waals surface area contributed by atoms with Crippen LogP contribution in [0.4, 0.5) is 0 Å². The molecule has 0 aromatic carbocycles. The predicted molar refractivity (Wildman–Crippen MR) is 68.3 cm³/mol. The Kier molecular flexibility index (Phi) is 5.10. The van der Waals surface area contributed by atoms with E-state index in [2.05, 4.69) is 4.98 Å². The van der Waals surface area contributed by atoms with Gasteiger partial charge < -0.3 is 10.6 Å². The van der Waals surface area contributed by atoms with Crippen molar-refractivity contribution >= 4 is 5.91 Å². The highest BCUT2D eigenvalue weighted by Crippen LogP contribution is 2.20. The Balaban J connectivity index is 2.76. The quantitative estimate of drug-likeness (QED) is 0.843. The molecule has 0 aliphatic carbocycles. The predicted octanol–water partition coefficient (Wildman–Crippen LogP) is 1.59. The third kappa shape index (κ3) is 3.27. The van der Waals surface area contributed by atoms with E-state index in [0.717, 1.165) is 12.0 Å². The van der Waals surface area contributed by atoms with Crippen molar-refractivity contribution in [2.75, 3.05) is 13.6 Å². The summed E-state index contributed by atoms with van der Waals surface area (Å²) >= 11 is 0. The smallest absolute Gasteiger partial charge is 0.227 e. The van der Waals surface area contributed by atoms with Gasteiger partial charge in [0.05, 0.1) is 12.0 Å². The SMILES string of the molecule is CCC(CN)C(=O)N(C)C(C)c1ccncc1. The number of carbonyl (C=O) groups excluding carboxylic acids is 1. The van der Waals surface area contributed by atoms with Crippen LogP contribution in [0.2, 0.25) is 0 Å². The monoisotopic (exact) mass is 235 g/mol. The summed E-state index contributed by atoms with van der Waals surface area (Å²) in [5.41, 5.74) is 6.69. The fraction of sp³-hybridized carbons (Fsp3) is 0.538. The van der Waals surface area contributed by atoms with Crippen LogP contribution in [0.15, 0.2) is 24.5 Å². The van der Waals surface area contributed by atoms with Crippen LogP contribution in [0, 0.1) is 5.92 Å². The Morgan fingerprint density at radius 3 is 2.53 bits per heavy atom. The average Bonchev–Trinajstić information content (AvgIpc) is 2.39. The summed E-state index contributed by atoms with van der Waals surface area (Å²) in [6, 6.07) is 3.90. The zero-order valence-corrected chi connectivity index (χ0v) is 10.8. The number of nitrogens with zero attached hydrogens (tertiary/aromatic N) is 2. The zero-order valence-electron chi connectivity index (χ0n) is 10.8. The summed E-state index contributed by atoms with van der Waals surface area (Å²) in [5.74, 6) is 0.0311. The molecule has 0 saturated carbocycles. The number of carbonyl (C=O) groups is 1. The number of rotatable bonds is 5. The zero-order chi connectivity index (χ0) is 12.8. The molecule has 0 saturated heterocycles. The second kappa shape index (κ2) is 6.35. The molecule has 0 bridgehead atoms. The van der Waals surface area contributed by atoms with Crippen molar-refractivity contribution in [3.05, 3.63) is 30.1 Å². The molecule has 2 unspecified atom stereocenters. The Labute approximate surface area is 103 Å². The summed E-state index contributed by atoms with van der Waals surface area (Å²) < 4.78 is 0. The lowest BCUT2D eigenvalue weighted by Crippen LogP contribution is -2.37. The average molecular weight is 235 g/mol. The Morgan fingerprint density at radius 1 is 1.47 bits per heavy atom. The molecule has 1 aromatic rings. The Hall–Kier alpha value is -1.42. The molecule has 4 nitrogen and oxygen atoms in total. The van der Waals surface area contributed by atoms with Crippen LogP contribution in [0.5, 0.6) is 0 Å². The van der Waals surface area contributed by atoms with Gasteiger partial charge in [-0.2, -0.15) is 0 Å². The topological polar surface area (TPSA) is 59.2 Å². The molecule has 2 atom stereocenters. The van der Waals surface area contributed by atoms with Gasteiger partial charge in [-0.15, -0.1) is 0 Å². The van der Waals surface area contributed by atoms with Gasteiger partial charge in [0.1, 0.15) is 0 Å². The van der Waals surface area contributed by atoms with Gasteiger partial charge in [0.15, 0.2) is 0 Å². The standard InChI is InChI=1S/C13H21N3O/c1-4-11(9-14)13(17)16(3)10(2)12-5-7-15-8-6-12/h5-8,10-11H,4,9,14H2,1-3H3. The fourth-order valence-electron chi connectivity index (χ4n) is 1.79. The molecular weight excluding hydrogens is 214 g/mol. The van der Waals surface area contributed by atoms with Gasteiger partial charge in [-0.3, -0.25) is 9.78 Å². The van der Waals surface area contributed by atoms with Gasteiger partial charge in [0.2, 0.25) is 5.91 Å². The highest BCUT2D eigenvalue weighted by molar-refractivity contribution is 5.79. The van der Waals surface area contributed by atoms with Crippen molar-refractivity contribution in [3.8, 4) is 0 Å². The second-order valence-corrected chi connectivity index (χ2v) is 4.25. The van der Waals surface area contributed by atoms with Crippen molar-refractivity contribution in [2.24, 2.45) is 11.7 Å². The molecule has 0 spiro atoms. The normalized spacial score (nSPS) is 14.1. The molecule has 1 aromatic heterocycles. The largest absolute Gasteiger partial charge is 0.339 e. The van der Waals surface area contributed by atoms with E-state index in [9.17, 15) is 4.79 Å². The van der Waals surface area contributed by atoms with E-state index in [1.54, 1.807) is 17.3 Å². The highest BCUT2D eigenvalue weighted by atomic mass is 16.2. The maximum atomic E-state index is 12.2. The number of pyridine rings is 1. The fourth-order valence-corrected chi connectivity index (χ4v) is 1.79. The summed E-state index contributed by atoms with van der Waals surface area (Å²) in [7, 11) is 1.83. The molecule has 1 rings (SSSR count). The van der Waals surface area contributed by atoms with E-state index < -0.39 is 0 Å². The van der Waals surface area contributed by atoms with Crippen LogP contribution in [0.25, 0.3) is 0 Å². The van der Waals surface area contributed by atoms with E-state index in [4.69, 9.17) is 5.73 Å². The number of amides is 1. The van der Waals surface area contributed by atoms with Crippen LogP contribution < -0.4 is 5.73 Å². The molecule has 1 amide bonds. The lowest BCUT2D eigenvalue weighted by Gasteiger charge is -2.28. The first kappa shape index (κ1) is 13.6. The minimum Gasteiger partial charge on any atom is -0.339 e. The van der Waals surface area contributed by atoms with Crippen LogP contribution in [0.1, 0.15) is 31.9 Å². The minimum atomic E-state index is -0.0794. The van der Waals surface area contributed by atoms with Crippen LogP contribution in [0.3, 0.4) is 0 Å².